The van der Waals surface area contributed by atoms with Gasteiger partial charge in [0, 0.05) is 13.2 Å². The van der Waals surface area contributed by atoms with Gasteiger partial charge in [-0.15, -0.1) is 5.10 Å². The molecule has 1 aliphatic carbocycles. The van der Waals surface area contributed by atoms with E-state index < -0.39 is 0 Å². The molecule has 0 bridgehead atoms. The Bertz CT molecular complexity index is 339. The largest absolute Gasteiger partial charge is 0.396 e. The molecular weight excluding hydrogens is 214 g/mol. The number of anilines is 1. The minimum absolute atomic E-state index is 0.311. The fraction of sp³-hybridized carbons (Fsp3) is 0.692. The zero-order valence-electron chi connectivity index (χ0n) is 10.4. The van der Waals surface area contributed by atoms with Crippen molar-refractivity contribution in [3.05, 3.63) is 17.8 Å². The molecule has 1 aliphatic rings. The van der Waals surface area contributed by atoms with E-state index in [1.165, 1.54) is 19.3 Å². The summed E-state index contributed by atoms with van der Waals surface area (Å²) in [7, 11) is 0. The van der Waals surface area contributed by atoms with Gasteiger partial charge in [0.1, 0.15) is 5.82 Å². The van der Waals surface area contributed by atoms with Crippen LogP contribution in [-0.2, 0) is 0 Å². The van der Waals surface area contributed by atoms with Gasteiger partial charge in [-0.1, -0.05) is 12.8 Å². The quantitative estimate of drug-likeness (QED) is 0.838. The highest BCUT2D eigenvalue weighted by Gasteiger charge is 2.24. The first-order valence-corrected chi connectivity index (χ1v) is 6.44. The summed E-state index contributed by atoms with van der Waals surface area (Å²) < 4.78 is 0. The maximum atomic E-state index is 9.34. The summed E-state index contributed by atoms with van der Waals surface area (Å²) in [6, 6.07) is 3.92. The van der Waals surface area contributed by atoms with Crippen LogP contribution in [0, 0.1) is 18.8 Å². The third-order valence-electron chi connectivity index (χ3n) is 3.64. The predicted molar refractivity (Wildman–Crippen MR) is 67.8 cm³/mol. The second-order valence-corrected chi connectivity index (χ2v) is 4.93. The Kier molecular flexibility index (Phi) is 4.31. The highest BCUT2D eigenvalue weighted by Crippen LogP contribution is 2.29. The van der Waals surface area contributed by atoms with Gasteiger partial charge in [0.2, 0.25) is 0 Å². The van der Waals surface area contributed by atoms with E-state index in [0.29, 0.717) is 18.4 Å². The van der Waals surface area contributed by atoms with Gasteiger partial charge >= 0.3 is 0 Å². The van der Waals surface area contributed by atoms with Gasteiger partial charge in [-0.25, -0.2) is 0 Å². The van der Waals surface area contributed by atoms with Crippen molar-refractivity contribution < 1.29 is 5.11 Å². The molecule has 2 unspecified atom stereocenters. The summed E-state index contributed by atoms with van der Waals surface area (Å²) in [5.74, 6) is 1.85. The summed E-state index contributed by atoms with van der Waals surface area (Å²) in [6.07, 6.45) is 4.90. The van der Waals surface area contributed by atoms with Crippen LogP contribution in [0.15, 0.2) is 12.1 Å². The van der Waals surface area contributed by atoms with Crippen molar-refractivity contribution in [1.29, 1.82) is 0 Å². The lowest BCUT2D eigenvalue weighted by atomic mass is 9.79. The average molecular weight is 235 g/mol. The van der Waals surface area contributed by atoms with Crippen molar-refractivity contribution in [3.8, 4) is 0 Å². The molecule has 1 aromatic rings. The molecule has 0 amide bonds. The van der Waals surface area contributed by atoms with E-state index in [9.17, 15) is 5.11 Å². The normalized spacial score (nSPS) is 24.6. The molecule has 4 nitrogen and oxygen atoms in total. The average Bonchev–Trinajstić information content (AvgIpc) is 2.38. The van der Waals surface area contributed by atoms with Crippen molar-refractivity contribution in [2.45, 2.75) is 32.6 Å². The molecule has 2 rings (SSSR count). The first kappa shape index (κ1) is 12.3. The van der Waals surface area contributed by atoms with E-state index in [4.69, 9.17) is 0 Å². The van der Waals surface area contributed by atoms with Crippen LogP contribution >= 0.6 is 0 Å². The van der Waals surface area contributed by atoms with Crippen LogP contribution in [0.2, 0.25) is 0 Å². The minimum atomic E-state index is 0.311. The molecule has 0 aromatic carbocycles. The highest BCUT2D eigenvalue weighted by atomic mass is 16.3. The molecule has 17 heavy (non-hydrogen) atoms. The Morgan fingerprint density at radius 1 is 1.24 bits per heavy atom. The maximum Gasteiger partial charge on any atom is 0.148 e. The first-order chi connectivity index (χ1) is 8.29. The number of hydrogen-bond acceptors (Lipinski definition) is 4. The fourth-order valence-corrected chi connectivity index (χ4v) is 2.52. The molecule has 1 saturated carbocycles. The number of aryl methyl sites for hydroxylation is 1. The van der Waals surface area contributed by atoms with Gasteiger partial charge in [-0.2, -0.15) is 5.10 Å². The number of nitrogens with one attached hydrogen (secondary N) is 1. The molecule has 1 heterocycles. The number of aliphatic hydroxyl groups is 1. The van der Waals surface area contributed by atoms with Crippen molar-refractivity contribution in [1.82, 2.24) is 10.2 Å². The number of nitrogens with zero attached hydrogens (tertiary/aromatic N) is 2. The topological polar surface area (TPSA) is 58.0 Å². The number of rotatable bonds is 4. The second kappa shape index (κ2) is 5.96. The molecule has 4 heteroatoms. The van der Waals surface area contributed by atoms with Crippen molar-refractivity contribution >= 4 is 5.82 Å². The standard InChI is InChI=1S/C13H21N3O/c1-10-6-7-13(16-15-10)14-8-11-4-2-3-5-12(11)9-17/h6-7,11-12,17H,2-5,8-9H2,1H3,(H,14,16). The highest BCUT2D eigenvalue weighted by molar-refractivity contribution is 5.32. The fourth-order valence-electron chi connectivity index (χ4n) is 2.52. The van der Waals surface area contributed by atoms with Crippen LogP contribution in [0.25, 0.3) is 0 Å². The van der Waals surface area contributed by atoms with Crippen LogP contribution in [0.5, 0.6) is 0 Å². The Balaban J connectivity index is 1.86. The number of aliphatic hydroxyl groups excluding tert-OH is 1. The lowest BCUT2D eigenvalue weighted by Gasteiger charge is -2.30. The van der Waals surface area contributed by atoms with Crippen LogP contribution in [-0.4, -0.2) is 28.5 Å². The molecule has 2 atom stereocenters. The monoisotopic (exact) mass is 235 g/mol. The lowest BCUT2D eigenvalue weighted by molar-refractivity contribution is 0.141. The van der Waals surface area contributed by atoms with E-state index in [1.54, 1.807) is 0 Å². The predicted octanol–water partition coefficient (Wildman–Crippen LogP) is 2.00. The van der Waals surface area contributed by atoms with Crippen LogP contribution in [0.3, 0.4) is 0 Å². The molecule has 2 N–H and O–H groups in total. The van der Waals surface area contributed by atoms with E-state index in [-0.39, 0.29) is 0 Å². The molecule has 0 aliphatic heterocycles. The smallest absolute Gasteiger partial charge is 0.148 e. The van der Waals surface area contributed by atoms with Crippen molar-refractivity contribution in [2.75, 3.05) is 18.5 Å². The van der Waals surface area contributed by atoms with E-state index in [2.05, 4.69) is 15.5 Å². The first-order valence-electron chi connectivity index (χ1n) is 6.44. The van der Waals surface area contributed by atoms with Gasteiger partial charge in [-0.05, 0) is 43.7 Å². The molecule has 1 aromatic heterocycles. The molecule has 1 fully saturated rings. The summed E-state index contributed by atoms with van der Waals surface area (Å²) in [5.41, 5.74) is 0.932. The van der Waals surface area contributed by atoms with E-state index in [1.807, 2.05) is 19.1 Å². The Hall–Kier alpha value is -1.16. The third kappa shape index (κ3) is 3.40. The lowest BCUT2D eigenvalue weighted by Crippen LogP contribution is -2.28. The Morgan fingerprint density at radius 3 is 2.65 bits per heavy atom. The van der Waals surface area contributed by atoms with Crippen molar-refractivity contribution in [2.24, 2.45) is 11.8 Å². The SMILES string of the molecule is Cc1ccc(NCC2CCCCC2CO)nn1. The summed E-state index contributed by atoms with van der Waals surface area (Å²) in [6.45, 7) is 3.13. The number of hydrogen-bond donors (Lipinski definition) is 2. The van der Waals surface area contributed by atoms with Gasteiger partial charge in [-0.3, -0.25) is 0 Å². The molecule has 0 saturated heterocycles. The number of aromatic nitrogens is 2. The second-order valence-electron chi connectivity index (χ2n) is 4.93. The van der Waals surface area contributed by atoms with Crippen LogP contribution < -0.4 is 5.32 Å². The van der Waals surface area contributed by atoms with Gasteiger partial charge in [0.05, 0.1) is 5.69 Å². The maximum absolute atomic E-state index is 9.34. The Labute approximate surface area is 102 Å². The zero-order chi connectivity index (χ0) is 12.1. The Morgan fingerprint density at radius 2 is 2.00 bits per heavy atom. The summed E-state index contributed by atoms with van der Waals surface area (Å²) >= 11 is 0. The molecule has 0 radical (unpaired) electrons. The molecule has 0 spiro atoms. The summed E-state index contributed by atoms with van der Waals surface area (Å²) in [5, 5.41) is 20.8. The van der Waals surface area contributed by atoms with E-state index in [0.717, 1.165) is 24.5 Å². The molecular formula is C13H21N3O. The third-order valence-corrected chi connectivity index (χ3v) is 3.64. The molecule has 94 valence electrons. The van der Waals surface area contributed by atoms with Crippen LogP contribution in [0.4, 0.5) is 5.82 Å². The van der Waals surface area contributed by atoms with Gasteiger partial charge in [0.15, 0.2) is 0 Å². The van der Waals surface area contributed by atoms with Gasteiger partial charge < -0.3 is 10.4 Å². The van der Waals surface area contributed by atoms with E-state index >= 15 is 0 Å². The van der Waals surface area contributed by atoms with Gasteiger partial charge in [0.25, 0.3) is 0 Å². The summed E-state index contributed by atoms with van der Waals surface area (Å²) in [4.78, 5) is 0. The zero-order valence-corrected chi connectivity index (χ0v) is 10.4. The van der Waals surface area contributed by atoms with Crippen molar-refractivity contribution in [3.63, 3.8) is 0 Å². The van der Waals surface area contributed by atoms with Crippen LogP contribution in [0.1, 0.15) is 31.4 Å². The minimum Gasteiger partial charge on any atom is -0.396 e.